The highest BCUT2D eigenvalue weighted by Gasteiger charge is 1.89. The lowest BCUT2D eigenvalue weighted by Crippen LogP contribution is -1.74. The Bertz CT molecular complexity index is 429. The van der Waals surface area contributed by atoms with Gasteiger partial charge in [-0.1, -0.05) is 35.9 Å². The number of hydrogen-bond donors (Lipinski definition) is 0. The Morgan fingerprint density at radius 2 is 2.21 bits per heavy atom. The van der Waals surface area contributed by atoms with Crippen LogP contribution in [-0.4, -0.2) is 4.98 Å². The number of nitrogens with zero attached hydrogens (tertiary/aromatic N) is 1. The summed E-state index contributed by atoms with van der Waals surface area (Å²) in [4.78, 5) is 4.19. The van der Waals surface area contributed by atoms with E-state index < -0.39 is 0 Å². The molecule has 0 fully saturated rings. The zero-order valence-electron chi connectivity index (χ0n) is 7.97. The molecule has 1 aromatic carbocycles. The maximum absolute atomic E-state index is 4.19. The van der Waals surface area contributed by atoms with E-state index in [9.17, 15) is 0 Å². The molecule has 0 saturated heterocycles. The normalized spacial score (nSPS) is 10.9. The molecule has 0 bridgehead atoms. The number of aromatic nitrogens is 1. The largest absolute Gasteiger partial charge is 0.245 e. The summed E-state index contributed by atoms with van der Waals surface area (Å²) in [6.45, 7) is 2.10. The van der Waals surface area contributed by atoms with Crippen LogP contribution in [0.4, 0.5) is 0 Å². The van der Waals surface area contributed by atoms with Crippen molar-refractivity contribution in [1.29, 1.82) is 0 Å². The summed E-state index contributed by atoms with van der Waals surface area (Å²) >= 11 is 1.65. The first-order valence-corrected chi connectivity index (χ1v) is 5.37. The minimum Gasteiger partial charge on any atom is -0.245 e. The molecular formula is C12H11NS. The van der Waals surface area contributed by atoms with E-state index in [0.717, 1.165) is 5.01 Å². The van der Waals surface area contributed by atoms with Gasteiger partial charge in [0.25, 0.3) is 0 Å². The fourth-order valence-corrected chi connectivity index (χ4v) is 1.79. The number of hydrogen-bond acceptors (Lipinski definition) is 2. The van der Waals surface area contributed by atoms with Crippen molar-refractivity contribution in [2.75, 3.05) is 0 Å². The van der Waals surface area contributed by atoms with Crippen molar-refractivity contribution in [2.45, 2.75) is 6.92 Å². The van der Waals surface area contributed by atoms with Gasteiger partial charge in [0.2, 0.25) is 0 Å². The van der Waals surface area contributed by atoms with Crippen molar-refractivity contribution < 1.29 is 0 Å². The summed E-state index contributed by atoms with van der Waals surface area (Å²) < 4.78 is 0. The van der Waals surface area contributed by atoms with Crippen molar-refractivity contribution in [2.24, 2.45) is 0 Å². The molecule has 1 heterocycles. The number of thiazole rings is 1. The smallest absolute Gasteiger partial charge is 0.116 e. The van der Waals surface area contributed by atoms with E-state index >= 15 is 0 Å². The molecule has 0 aliphatic heterocycles. The van der Waals surface area contributed by atoms with Crippen LogP contribution in [0.5, 0.6) is 0 Å². The Labute approximate surface area is 87.8 Å². The lowest BCUT2D eigenvalue weighted by molar-refractivity contribution is 1.40. The van der Waals surface area contributed by atoms with Crippen LogP contribution in [0.1, 0.15) is 16.1 Å². The minimum atomic E-state index is 1.05. The first-order chi connectivity index (χ1) is 6.84. The van der Waals surface area contributed by atoms with E-state index in [4.69, 9.17) is 0 Å². The summed E-state index contributed by atoms with van der Waals surface area (Å²) in [6, 6.07) is 8.42. The predicted octanol–water partition coefficient (Wildman–Crippen LogP) is 3.62. The molecule has 0 N–H and O–H groups in total. The molecule has 0 atom stereocenters. The molecule has 2 heteroatoms. The molecule has 0 unspecified atom stereocenters. The molecule has 70 valence electrons. The van der Waals surface area contributed by atoms with E-state index in [0.29, 0.717) is 0 Å². The average Bonchev–Trinajstić information content (AvgIpc) is 2.67. The van der Waals surface area contributed by atoms with Gasteiger partial charge < -0.3 is 0 Å². The van der Waals surface area contributed by atoms with Crippen LogP contribution in [0.3, 0.4) is 0 Å². The highest BCUT2D eigenvalue weighted by molar-refractivity contribution is 7.10. The predicted molar refractivity (Wildman–Crippen MR) is 62.2 cm³/mol. The van der Waals surface area contributed by atoms with E-state index in [-0.39, 0.29) is 0 Å². The van der Waals surface area contributed by atoms with Gasteiger partial charge in [0, 0.05) is 11.6 Å². The van der Waals surface area contributed by atoms with Crippen molar-refractivity contribution in [3.63, 3.8) is 0 Å². The van der Waals surface area contributed by atoms with Gasteiger partial charge in [-0.05, 0) is 18.6 Å². The Morgan fingerprint density at radius 1 is 1.29 bits per heavy atom. The number of aryl methyl sites for hydroxylation is 1. The summed E-state index contributed by atoms with van der Waals surface area (Å²) in [5.74, 6) is 0. The third-order valence-corrected chi connectivity index (χ3v) is 2.65. The van der Waals surface area contributed by atoms with Crippen molar-refractivity contribution >= 4 is 23.5 Å². The first kappa shape index (κ1) is 9.16. The molecule has 0 spiro atoms. The van der Waals surface area contributed by atoms with Crippen molar-refractivity contribution in [1.82, 2.24) is 4.98 Å². The topological polar surface area (TPSA) is 12.9 Å². The van der Waals surface area contributed by atoms with Gasteiger partial charge in [0.1, 0.15) is 5.01 Å². The average molecular weight is 201 g/mol. The summed E-state index contributed by atoms with van der Waals surface area (Å²) in [6.07, 6.45) is 5.95. The summed E-state index contributed by atoms with van der Waals surface area (Å²) in [5, 5.41) is 3.03. The molecule has 0 saturated carbocycles. The van der Waals surface area contributed by atoms with Crippen LogP contribution >= 0.6 is 11.3 Å². The maximum Gasteiger partial charge on any atom is 0.116 e. The second-order valence-electron chi connectivity index (χ2n) is 3.12. The highest BCUT2D eigenvalue weighted by Crippen LogP contribution is 2.11. The van der Waals surface area contributed by atoms with E-state index in [1.807, 2.05) is 17.7 Å². The van der Waals surface area contributed by atoms with Crippen LogP contribution < -0.4 is 0 Å². The SMILES string of the molecule is Cc1cccc(C=Cc2nccs2)c1. The van der Waals surface area contributed by atoms with Gasteiger partial charge in [-0.15, -0.1) is 11.3 Å². The lowest BCUT2D eigenvalue weighted by atomic mass is 10.1. The molecule has 0 radical (unpaired) electrons. The Balaban J connectivity index is 2.18. The standard InChI is InChI=1S/C12H11NS/c1-10-3-2-4-11(9-10)5-6-12-13-7-8-14-12/h2-9H,1H3. The van der Waals surface area contributed by atoms with Gasteiger partial charge in [0.05, 0.1) is 0 Å². The molecular weight excluding hydrogens is 190 g/mol. The van der Waals surface area contributed by atoms with Gasteiger partial charge in [-0.2, -0.15) is 0 Å². The molecule has 0 amide bonds. The van der Waals surface area contributed by atoms with Crippen molar-refractivity contribution in [3.05, 3.63) is 52.0 Å². The molecule has 14 heavy (non-hydrogen) atoms. The zero-order chi connectivity index (χ0) is 9.80. The Morgan fingerprint density at radius 3 is 2.93 bits per heavy atom. The lowest BCUT2D eigenvalue weighted by Gasteiger charge is -1.94. The van der Waals surface area contributed by atoms with Crippen LogP contribution in [0, 0.1) is 6.92 Å². The van der Waals surface area contributed by atoms with E-state index in [1.54, 1.807) is 11.3 Å². The van der Waals surface area contributed by atoms with E-state index in [2.05, 4.69) is 42.2 Å². The maximum atomic E-state index is 4.19. The minimum absolute atomic E-state index is 1.05. The molecule has 2 aromatic rings. The van der Waals surface area contributed by atoms with Gasteiger partial charge in [0.15, 0.2) is 0 Å². The van der Waals surface area contributed by atoms with Crippen molar-refractivity contribution in [3.8, 4) is 0 Å². The summed E-state index contributed by atoms with van der Waals surface area (Å²) in [5.41, 5.74) is 2.51. The second kappa shape index (κ2) is 4.20. The third-order valence-electron chi connectivity index (χ3n) is 1.91. The summed E-state index contributed by atoms with van der Waals surface area (Å²) in [7, 11) is 0. The van der Waals surface area contributed by atoms with Gasteiger partial charge >= 0.3 is 0 Å². The fraction of sp³-hybridized carbons (Fsp3) is 0.0833. The molecule has 1 aromatic heterocycles. The van der Waals surface area contributed by atoms with Crippen LogP contribution in [0.25, 0.3) is 12.2 Å². The second-order valence-corrected chi connectivity index (χ2v) is 4.04. The number of benzene rings is 1. The quantitative estimate of drug-likeness (QED) is 0.723. The molecule has 0 aliphatic carbocycles. The van der Waals surface area contributed by atoms with Gasteiger partial charge in [-0.25, -0.2) is 4.98 Å². The molecule has 0 aliphatic rings. The highest BCUT2D eigenvalue weighted by atomic mass is 32.1. The third kappa shape index (κ3) is 2.30. The Kier molecular flexibility index (Phi) is 2.75. The monoisotopic (exact) mass is 201 g/mol. The Hall–Kier alpha value is -1.41. The van der Waals surface area contributed by atoms with Gasteiger partial charge in [-0.3, -0.25) is 0 Å². The first-order valence-electron chi connectivity index (χ1n) is 4.49. The van der Waals surface area contributed by atoms with Crippen LogP contribution in [0.15, 0.2) is 35.8 Å². The number of rotatable bonds is 2. The van der Waals surface area contributed by atoms with Crippen LogP contribution in [-0.2, 0) is 0 Å². The fourth-order valence-electron chi connectivity index (χ4n) is 1.26. The molecule has 1 nitrogen and oxygen atoms in total. The van der Waals surface area contributed by atoms with Crippen LogP contribution in [0.2, 0.25) is 0 Å². The van der Waals surface area contributed by atoms with E-state index in [1.165, 1.54) is 11.1 Å². The zero-order valence-corrected chi connectivity index (χ0v) is 8.79. The molecule has 2 rings (SSSR count).